The Balaban J connectivity index is 1.53. The summed E-state index contributed by atoms with van der Waals surface area (Å²) in [5, 5.41) is 21.3. The molecule has 0 unspecified atom stereocenters. The fourth-order valence-corrected chi connectivity index (χ4v) is 4.17. The molecule has 11 heteroatoms. The quantitative estimate of drug-likeness (QED) is 0.513. The summed E-state index contributed by atoms with van der Waals surface area (Å²) in [4.78, 5) is 10.5. The first-order valence-corrected chi connectivity index (χ1v) is 9.83. The second kappa shape index (κ2) is 7.42. The van der Waals surface area contributed by atoms with E-state index in [4.69, 9.17) is 4.98 Å². The summed E-state index contributed by atoms with van der Waals surface area (Å²) in [5.74, 6) is 0. The topological polar surface area (TPSA) is 99.3 Å². The van der Waals surface area contributed by atoms with Crippen LogP contribution in [0.1, 0.15) is 6.42 Å². The number of rotatable bonds is 5. The molecule has 5 rings (SSSR count). The van der Waals surface area contributed by atoms with Gasteiger partial charge >= 0.3 is 6.18 Å². The molecule has 0 spiro atoms. The summed E-state index contributed by atoms with van der Waals surface area (Å²) < 4.78 is 39.8. The maximum atomic E-state index is 12.7. The van der Waals surface area contributed by atoms with Crippen molar-refractivity contribution in [2.24, 2.45) is 0 Å². The van der Waals surface area contributed by atoms with Gasteiger partial charge in [0.15, 0.2) is 0 Å². The lowest BCUT2D eigenvalue weighted by Gasteiger charge is -2.49. The second-order valence-electron chi connectivity index (χ2n) is 7.91. The number of H-pyrrole nitrogens is 1. The van der Waals surface area contributed by atoms with Gasteiger partial charge in [-0.25, -0.2) is 4.98 Å². The van der Waals surface area contributed by atoms with Crippen molar-refractivity contribution in [1.29, 1.82) is 5.26 Å². The number of aromatic amines is 1. The highest BCUT2D eigenvalue weighted by Crippen LogP contribution is 2.36. The van der Waals surface area contributed by atoms with E-state index >= 15 is 0 Å². The molecule has 1 saturated heterocycles. The predicted octanol–water partition coefficient (Wildman–Crippen LogP) is 3.37. The molecule has 1 aliphatic heterocycles. The van der Waals surface area contributed by atoms with E-state index in [0.29, 0.717) is 17.0 Å². The van der Waals surface area contributed by atoms with Crippen molar-refractivity contribution in [3.05, 3.63) is 49.2 Å². The van der Waals surface area contributed by atoms with Crippen LogP contribution in [0.4, 0.5) is 13.2 Å². The van der Waals surface area contributed by atoms with Crippen molar-refractivity contribution < 1.29 is 13.2 Å². The number of hydrogen-bond donors (Lipinski definition) is 1. The van der Waals surface area contributed by atoms with Gasteiger partial charge < -0.3 is 0 Å². The van der Waals surface area contributed by atoms with Gasteiger partial charge in [-0.15, -0.1) is 0 Å². The Hall–Kier alpha value is -3.78. The van der Waals surface area contributed by atoms with Crippen molar-refractivity contribution in [1.82, 2.24) is 34.8 Å². The summed E-state index contributed by atoms with van der Waals surface area (Å²) in [6.45, 7) is -0.795. The number of halogens is 3. The molecule has 1 N–H and O–H groups in total. The summed E-state index contributed by atoms with van der Waals surface area (Å²) in [6.07, 6.45) is 4.24. The third kappa shape index (κ3) is 3.58. The van der Waals surface area contributed by atoms with Crippen LogP contribution in [0.15, 0.2) is 49.2 Å². The Morgan fingerprint density at radius 3 is 2.78 bits per heavy atom. The molecule has 0 aromatic carbocycles. The van der Waals surface area contributed by atoms with Crippen LogP contribution in [0.5, 0.6) is 0 Å². The molecule has 8 nitrogen and oxygen atoms in total. The van der Waals surface area contributed by atoms with Crippen LogP contribution in [0, 0.1) is 11.3 Å². The first kappa shape index (κ1) is 20.1. The van der Waals surface area contributed by atoms with Crippen molar-refractivity contribution in [2.75, 3.05) is 19.6 Å². The Bertz CT molecular complexity index is 1300. The second-order valence-corrected chi connectivity index (χ2v) is 7.91. The molecule has 0 bridgehead atoms. The fraction of sp³-hybridized carbons (Fsp3) is 0.286. The van der Waals surface area contributed by atoms with Crippen molar-refractivity contribution in [3.63, 3.8) is 0 Å². The number of hydrogen-bond acceptors (Lipinski definition) is 6. The van der Waals surface area contributed by atoms with Crippen molar-refractivity contribution >= 4 is 10.9 Å². The molecule has 0 saturated carbocycles. The van der Waals surface area contributed by atoms with Crippen LogP contribution < -0.4 is 0 Å². The summed E-state index contributed by atoms with van der Waals surface area (Å²) in [6, 6.07) is 7.68. The number of nitrogens with one attached hydrogen (secondary N) is 1. The molecule has 0 radical (unpaired) electrons. The Kier molecular flexibility index (Phi) is 4.67. The standard InChI is InChI=1S/C21H17F3N8/c22-21(23,24)13-31-11-20(12-31,3-4-25)32-10-15(9-29-32)19-16-2-1-5-26-18(16)6-17(30-19)14-7-27-28-8-14/h1-2,5-10H,3,11-13H2,(H,27,28). The number of likely N-dealkylation sites (tertiary alicyclic amines) is 1. The number of aromatic nitrogens is 6. The van der Waals surface area contributed by atoms with Crippen LogP contribution in [-0.4, -0.2) is 60.7 Å². The van der Waals surface area contributed by atoms with Gasteiger partial charge in [0.2, 0.25) is 0 Å². The summed E-state index contributed by atoms with van der Waals surface area (Å²) >= 11 is 0. The van der Waals surface area contributed by atoms with E-state index in [2.05, 4.69) is 26.3 Å². The average molecular weight is 438 g/mol. The smallest absolute Gasteiger partial charge is 0.290 e. The highest BCUT2D eigenvalue weighted by Gasteiger charge is 2.48. The number of nitrogens with zero attached hydrogens (tertiary/aromatic N) is 7. The van der Waals surface area contributed by atoms with Crippen LogP contribution in [0.2, 0.25) is 0 Å². The van der Waals surface area contributed by atoms with Crippen LogP contribution in [0.3, 0.4) is 0 Å². The Morgan fingerprint density at radius 2 is 2.06 bits per heavy atom. The van der Waals surface area contributed by atoms with Gasteiger partial charge in [-0.3, -0.25) is 19.7 Å². The number of nitriles is 1. The summed E-state index contributed by atoms with van der Waals surface area (Å²) in [5.41, 5.74) is 2.77. The minimum absolute atomic E-state index is 0.0628. The average Bonchev–Trinajstić information content (AvgIpc) is 3.43. The maximum Gasteiger partial charge on any atom is 0.401 e. The van der Waals surface area contributed by atoms with Gasteiger partial charge in [0.05, 0.1) is 48.3 Å². The van der Waals surface area contributed by atoms with E-state index < -0.39 is 18.3 Å². The molecule has 0 aliphatic carbocycles. The predicted molar refractivity (Wildman–Crippen MR) is 109 cm³/mol. The lowest BCUT2D eigenvalue weighted by Crippen LogP contribution is -2.64. The molecular formula is C21H17F3N8. The van der Waals surface area contributed by atoms with Crippen LogP contribution in [0.25, 0.3) is 33.4 Å². The Morgan fingerprint density at radius 1 is 1.22 bits per heavy atom. The van der Waals surface area contributed by atoms with Gasteiger partial charge in [-0.1, -0.05) is 0 Å². The van der Waals surface area contributed by atoms with E-state index in [0.717, 1.165) is 16.5 Å². The minimum atomic E-state index is -4.28. The van der Waals surface area contributed by atoms with E-state index in [1.807, 2.05) is 18.2 Å². The molecule has 0 amide bonds. The SMILES string of the molecule is N#CCC1(n2cc(-c3nc(-c4cn[nH]c4)cc4ncccc34)cn2)CN(CC(F)(F)F)C1. The van der Waals surface area contributed by atoms with E-state index in [-0.39, 0.29) is 19.5 Å². The Labute approximate surface area is 180 Å². The largest absolute Gasteiger partial charge is 0.401 e. The van der Waals surface area contributed by atoms with E-state index in [9.17, 15) is 18.4 Å². The molecule has 32 heavy (non-hydrogen) atoms. The van der Waals surface area contributed by atoms with Crippen molar-refractivity contribution in [3.8, 4) is 28.6 Å². The zero-order valence-corrected chi connectivity index (χ0v) is 16.7. The molecule has 0 atom stereocenters. The van der Waals surface area contributed by atoms with E-state index in [1.54, 1.807) is 35.7 Å². The highest BCUT2D eigenvalue weighted by atomic mass is 19.4. The van der Waals surface area contributed by atoms with Gasteiger partial charge in [-0.2, -0.15) is 28.6 Å². The highest BCUT2D eigenvalue weighted by molar-refractivity contribution is 5.94. The van der Waals surface area contributed by atoms with Crippen LogP contribution in [-0.2, 0) is 5.54 Å². The summed E-state index contributed by atoms with van der Waals surface area (Å²) in [7, 11) is 0. The molecule has 162 valence electrons. The van der Waals surface area contributed by atoms with Crippen LogP contribution >= 0.6 is 0 Å². The molecule has 1 fully saturated rings. The zero-order chi connectivity index (χ0) is 22.3. The van der Waals surface area contributed by atoms with Gasteiger partial charge in [0, 0.05) is 48.2 Å². The van der Waals surface area contributed by atoms with Gasteiger partial charge in [0.25, 0.3) is 0 Å². The molecule has 4 aromatic rings. The number of fused-ring (bicyclic) bond motifs is 1. The number of alkyl halides is 3. The third-order valence-electron chi connectivity index (χ3n) is 5.58. The monoisotopic (exact) mass is 438 g/mol. The third-order valence-corrected chi connectivity index (χ3v) is 5.58. The minimum Gasteiger partial charge on any atom is -0.290 e. The molecule has 1 aliphatic rings. The zero-order valence-electron chi connectivity index (χ0n) is 16.7. The first-order chi connectivity index (χ1) is 15.4. The maximum absolute atomic E-state index is 12.7. The number of pyridine rings is 2. The normalized spacial score (nSPS) is 16.1. The molecule has 4 aromatic heterocycles. The van der Waals surface area contributed by atoms with E-state index in [1.165, 1.54) is 4.90 Å². The fourth-order valence-electron chi connectivity index (χ4n) is 4.17. The molecular weight excluding hydrogens is 421 g/mol. The van der Waals surface area contributed by atoms with Gasteiger partial charge in [0.1, 0.15) is 5.54 Å². The lowest BCUT2D eigenvalue weighted by atomic mass is 9.87. The first-order valence-electron chi connectivity index (χ1n) is 9.83. The lowest BCUT2D eigenvalue weighted by molar-refractivity contribution is -0.167. The van der Waals surface area contributed by atoms with Crippen molar-refractivity contribution in [2.45, 2.75) is 18.1 Å². The molecule has 5 heterocycles. The van der Waals surface area contributed by atoms with Gasteiger partial charge in [-0.05, 0) is 18.2 Å².